The number of nitrogens with zero attached hydrogens (tertiary/aromatic N) is 1. The van der Waals surface area contributed by atoms with E-state index in [4.69, 9.17) is 13.8 Å². The van der Waals surface area contributed by atoms with Crippen LogP contribution in [0.3, 0.4) is 0 Å². The number of likely N-dealkylation sites (N-methyl/N-ethyl adjacent to an activating group) is 1. The second kappa shape index (κ2) is 61.0. The molecule has 0 aliphatic heterocycles. The molecule has 0 aromatic heterocycles. The fourth-order valence-corrected chi connectivity index (χ4v) is 10.2. The first-order valence-corrected chi connectivity index (χ1v) is 35.5. The molecule has 0 aliphatic carbocycles. The minimum Gasteiger partial charge on any atom is -0.756 e. The van der Waals surface area contributed by atoms with Gasteiger partial charge in [0.05, 0.1) is 33.8 Å². The number of hydrogen-bond donors (Lipinski definition) is 1. The third-order valence-corrected chi connectivity index (χ3v) is 15.7. The van der Waals surface area contributed by atoms with Gasteiger partial charge in [-0.15, -0.1) is 0 Å². The summed E-state index contributed by atoms with van der Waals surface area (Å²) >= 11 is 0. The lowest BCUT2D eigenvalue weighted by molar-refractivity contribution is -0.870. The Kier molecular flexibility index (Phi) is 58.7. The summed E-state index contributed by atoms with van der Waals surface area (Å²) in [6.45, 7) is 6.71. The summed E-state index contributed by atoms with van der Waals surface area (Å²) in [6.07, 6.45) is 82.3. The molecule has 0 heterocycles. The summed E-state index contributed by atoms with van der Waals surface area (Å²) in [5.41, 5.74) is 0. The van der Waals surface area contributed by atoms with Crippen LogP contribution in [0.4, 0.5) is 0 Å². The number of ether oxygens (including phenoxy) is 1. The predicted molar refractivity (Wildman–Crippen MR) is 353 cm³/mol. The molecule has 9 nitrogen and oxygen atoms in total. The number of carbonyl (C=O) groups excluding carboxylic acids is 2. The maximum atomic E-state index is 13.6. The molecule has 1 N–H and O–H groups in total. The number of hydrogen-bond acceptors (Lipinski definition) is 7. The van der Waals surface area contributed by atoms with Gasteiger partial charge in [-0.3, -0.25) is 14.2 Å². The van der Waals surface area contributed by atoms with E-state index in [2.05, 4.69) is 111 Å². The highest BCUT2D eigenvalue weighted by Crippen LogP contribution is 2.38. The van der Waals surface area contributed by atoms with E-state index >= 15 is 0 Å². The molecule has 0 saturated heterocycles. The fraction of sp³-hybridized carbons (Fsp3) is 0.750. The molecule has 1 amide bonds. The number of nitrogens with one attached hydrogen (secondary N) is 1. The molecule has 0 rings (SSSR count). The van der Waals surface area contributed by atoms with Crippen LogP contribution >= 0.6 is 7.82 Å². The molecule has 0 fully saturated rings. The van der Waals surface area contributed by atoms with Crippen molar-refractivity contribution in [3.63, 3.8) is 0 Å². The molecule has 0 aliphatic rings. The fourth-order valence-electron chi connectivity index (χ4n) is 9.52. The monoisotopic (exact) mass is 1160 g/mol. The maximum absolute atomic E-state index is 13.6. The molecule has 0 aromatic carbocycles. The van der Waals surface area contributed by atoms with Crippen molar-refractivity contribution in [1.29, 1.82) is 0 Å². The molecule has 3 unspecified atom stereocenters. The van der Waals surface area contributed by atoms with Gasteiger partial charge in [0.2, 0.25) is 5.91 Å². The zero-order chi connectivity index (χ0) is 60.0. The Labute approximate surface area is 507 Å². The van der Waals surface area contributed by atoms with E-state index < -0.39 is 26.6 Å². The number of phosphoric acid groups is 1. The summed E-state index contributed by atoms with van der Waals surface area (Å²) in [7, 11) is 1.17. The molecule has 0 spiro atoms. The third-order valence-electron chi connectivity index (χ3n) is 14.7. The highest BCUT2D eigenvalue weighted by Gasteiger charge is 2.27. The first kappa shape index (κ1) is 78.9. The van der Waals surface area contributed by atoms with E-state index in [1.54, 1.807) is 0 Å². The largest absolute Gasteiger partial charge is 0.756 e. The van der Waals surface area contributed by atoms with Crippen LogP contribution in [0, 0.1) is 0 Å². The molecular formula is C72H129N2O7P. The highest BCUT2D eigenvalue weighted by atomic mass is 31.2. The van der Waals surface area contributed by atoms with Gasteiger partial charge in [0.15, 0.2) is 0 Å². The van der Waals surface area contributed by atoms with E-state index in [1.807, 2.05) is 33.3 Å². The molecule has 0 saturated carbocycles. The van der Waals surface area contributed by atoms with Crippen LogP contribution in [0.1, 0.15) is 297 Å². The van der Waals surface area contributed by atoms with Crippen molar-refractivity contribution >= 4 is 19.7 Å². The lowest BCUT2D eigenvalue weighted by atomic mass is 10.0. The molecule has 82 heavy (non-hydrogen) atoms. The molecular weight excluding hydrogens is 1040 g/mol. The summed E-state index contributed by atoms with van der Waals surface area (Å²) in [5, 5.41) is 3.03. The van der Waals surface area contributed by atoms with E-state index in [0.717, 1.165) is 116 Å². The minimum absolute atomic E-state index is 0.0277. The average Bonchev–Trinajstić information content (AvgIpc) is 3.44. The molecule has 0 radical (unpaired) electrons. The lowest BCUT2D eigenvalue weighted by Gasteiger charge is -2.30. The summed E-state index contributed by atoms with van der Waals surface area (Å²) in [5.74, 6) is -0.552. The summed E-state index contributed by atoms with van der Waals surface area (Å²) in [4.78, 5) is 40.1. The van der Waals surface area contributed by atoms with Gasteiger partial charge in [-0.25, -0.2) is 0 Å². The highest BCUT2D eigenvalue weighted by molar-refractivity contribution is 7.45. The van der Waals surface area contributed by atoms with Gasteiger partial charge >= 0.3 is 5.97 Å². The Morgan fingerprint density at radius 1 is 0.439 bits per heavy atom. The predicted octanol–water partition coefficient (Wildman–Crippen LogP) is 20.9. The maximum Gasteiger partial charge on any atom is 0.306 e. The van der Waals surface area contributed by atoms with Crippen LogP contribution < -0.4 is 10.2 Å². The SMILES string of the molecule is CC/C=C\C/C=C\C/C=C\C/C=C\C/C=C\CCCCCCCCCCCCCC(=O)OC(/C=C\CCCCCCCCCCCC)C(COP(=O)([O-])OCC[N+](C)(C)C)NC(=O)CCCCCCCCC/C=C\C/C=C\CCCCC. The van der Waals surface area contributed by atoms with Gasteiger partial charge in [0, 0.05) is 12.8 Å². The van der Waals surface area contributed by atoms with Crippen LogP contribution in [0.25, 0.3) is 0 Å². The quantitative estimate of drug-likeness (QED) is 0.0212. The number of carbonyl (C=O) groups is 2. The van der Waals surface area contributed by atoms with Crippen LogP contribution in [-0.2, 0) is 27.9 Å². The molecule has 10 heteroatoms. The standard InChI is InChI=1S/C72H129N2O7P/c1-7-10-13-16-19-22-25-28-30-32-33-34-35-36-37-38-39-40-41-43-45-47-50-53-56-59-62-65-72(76)81-70(63-60-57-54-51-48-27-24-21-18-15-12-9-3)69(68-80-82(77,78)79-67-66-74(4,5)6)73-71(75)64-61-58-55-52-49-46-44-42-31-29-26-23-20-17-14-11-8-2/h10,13,19-20,22-23,28-31,33-34,36-37,60,63,69-70H,7-9,11-12,14-18,21,24-27,32,35,38-59,61-62,64-68H2,1-6H3,(H-,73,75,77,78)/b13-10-,22-19-,23-20-,30-28-,31-29-,34-33-,37-36-,63-60-. The average molecular weight is 1170 g/mol. The van der Waals surface area contributed by atoms with Gasteiger partial charge < -0.3 is 28.5 Å². The Morgan fingerprint density at radius 3 is 1.20 bits per heavy atom. The molecule has 0 aromatic rings. The van der Waals surface area contributed by atoms with Gasteiger partial charge in [-0.2, -0.15) is 0 Å². The first-order valence-electron chi connectivity index (χ1n) is 34.0. The zero-order valence-corrected chi connectivity index (χ0v) is 55.1. The summed E-state index contributed by atoms with van der Waals surface area (Å²) in [6, 6.07) is -0.899. The number of amides is 1. The second-order valence-electron chi connectivity index (χ2n) is 23.9. The molecule has 474 valence electrons. The van der Waals surface area contributed by atoms with Gasteiger partial charge in [0.25, 0.3) is 7.82 Å². The van der Waals surface area contributed by atoms with Crippen molar-refractivity contribution in [2.75, 3.05) is 40.9 Å². The second-order valence-corrected chi connectivity index (χ2v) is 25.4. The van der Waals surface area contributed by atoms with E-state index in [9.17, 15) is 19.0 Å². The van der Waals surface area contributed by atoms with Crippen LogP contribution in [0.5, 0.6) is 0 Å². The normalized spacial score (nSPS) is 14.2. The van der Waals surface area contributed by atoms with Crippen LogP contribution in [0.2, 0.25) is 0 Å². The first-order chi connectivity index (χ1) is 39.9. The Bertz CT molecular complexity index is 1720. The van der Waals surface area contributed by atoms with Crippen LogP contribution in [-0.4, -0.2) is 69.4 Å². The smallest absolute Gasteiger partial charge is 0.306 e. The van der Waals surface area contributed by atoms with Crippen molar-refractivity contribution in [2.24, 2.45) is 0 Å². The van der Waals surface area contributed by atoms with Crippen molar-refractivity contribution in [2.45, 2.75) is 309 Å². The van der Waals surface area contributed by atoms with Crippen molar-refractivity contribution in [3.05, 3.63) is 97.2 Å². The van der Waals surface area contributed by atoms with Gasteiger partial charge in [-0.05, 0) is 109 Å². The Hall–Kier alpha value is -3.07. The van der Waals surface area contributed by atoms with E-state index in [0.29, 0.717) is 17.4 Å². The molecule has 3 atom stereocenters. The summed E-state index contributed by atoms with van der Waals surface area (Å²) < 4.78 is 30.4. The Morgan fingerprint density at radius 2 is 0.780 bits per heavy atom. The number of phosphoric ester groups is 1. The van der Waals surface area contributed by atoms with E-state index in [-0.39, 0.29) is 24.9 Å². The number of esters is 1. The van der Waals surface area contributed by atoms with E-state index in [1.165, 1.54) is 148 Å². The topological polar surface area (TPSA) is 114 Å². The van der Waals surface area contributed by atoms with Crippen molar-refractivity contribution in [3.8, 4) is 0 Å². The number of unbranched alkanes of at least 4 members (excludes halogenated alkanes) is 31. The van der Waals surface area contributed by atoms with Crippen molar-refractivity contribution in [1.82, 2.24) is 5.32 Å². The zero-order valence-electron chi connectivity index (χ0n) is 54.2. The number of rotatable bonds is 61. The molecule has 0 bridgehead atoms. The van der Waals surface area contributed by atoms with Crippen molar-refractivity contribution < 1.29 is 37.3 Å². The minimum atomic E-state index is -4.71. The number of allylic oxidation sites excluding steroid dienone is 15. The number of quaternary nitrogens is 1. The Balaban J connectivity index is 5.09. The lowest BCUT2D eigenvalue weighted by Crippen LogP contribution is -2.47. The third kappa shape index (κ3) is 61.5. The van der Waals surface area contributed by atoms with Gasteiger partial charge in [-0.1, -0.05) is 272 Å². The van der Waals surface area contributed by atoms with Gasteiger partial charge in [0.1, 0.15) is 19.3 Å². The van der Waals surface area contributed by atoms with Crippen LogP contribution in [0.15, 0.2) is 97.2 Å².